The number of aryl methyl sites for hydroxylation is 2. The molecule has 3 aromatic heterocycles. The highest BCUT2D eigenvalue weighted by molar-refractivity contribution is 6.03. The zero-order chi connectivity index (χ0) is 25.3. The van der Waals surface area contributed by atoms with Crippen LogP contribution in [-0.4, -0.2) is 30.9 Å². The first kappa shape index (κ1) is 23.8. The first-order valence-corrected chi connectivity index (χ1v) is 11.0. The van der Waals surface area contributed by atoms with Gasteiger partial charge in [-0.1, -0.05) is 26.8 Å². The molecule has 0 aliphatic rings. The lowest BCUT2D eigenvalue weighted by atomic mass is 9.88. The molecule has 0 saturated carbocycles. The van der Waals surface area contributed by atoms with E-state index in [4.69, 9.17) is 0 Å². The minimum Gasteiger partial charge on any atom is -0.334 e. The quantitative estimate of drug-likeness (QED) is 0.396. The molecule has 0 spiro atoms. The van der Waals surface area contributed by atoms with Crippen molar-refractivity contribution < 1.29 is 9.18 Å². The largest absolute Gasteiger partial charge is 0.334 e. The van der Waals surface area contributed by atoms with E-state index < -0.39 is 17.3 Å². The summed E-state index contributed by atoms with van der Waals surface area (Å²) in [6.45, 7) is 8.04. The molecule has 1 aromatic carbocycles. The number of hydrogen-bond donors (Lipinski definition) is 3. The van der Waals surface area contributed by atoms with Gasteiger partial charge < -0.3 is 10.6 Å². The molecule has 0 unspecified atom stereocenters. The Bertz CT molecular complexity index is 1430. The van der Waals surface area contributed by atoms with Gasteiger partial charge >= 0.3 is 0 Å². The number of rotatable bonds is 5. The molecular formula is C25H26FN7O2. The van der Waals surface area contributed by atoms with Crippen LogP contribution in [0, 0.1) is 12.7 Å². The summed E-state index contributed by atoms with van der Waals surface area (Å²) in [6, 6.07) is 11.0. The zero-order valence-corrected chi connectivity index (χ0v) is 20.1. The lowest BCUT2D eigenvalue weighted by molar-refractivity contribution is 0.102. The number of nitrogens with one attached hydrogen (secondary N) is 3. The SMILES string of the molecule is Cc1cc(Nc2cc(-c3ccc(F)c(NC(=O)c4ccc(C(C)(C)C)cn4)c3)n[nH]c2=O)nn1C. The Morgan fingerprint density at radius 2 is 1.86 bits per heavy atom. The average molecular weight is 476 g/mol. The number of halogens is 1. The number of hydrogen-bond acceptors (Lipinski definition) is 6. The van der Waals surface area contributed by atoms with Crippen molar-refractivity contribution in [3.63, 3.8) is 0 Å². The molecule has 9 nitrogen and oxygen atoms in total. The molecule has 4 rings (SSSR count). The van der Waals surface area contributed by atoms with Crippen molar-refractivity contribution >= 4 is 23.1 Å². The molecule has 0 saturated heterocycles. The predicted molar refractivity (Wildman–Crippen MR) is 132 cm³/mol. The van der Waals surface area contributed by atoms with E-state index in [0.29, 0.717) is 17.1 Å². The summed E-state index contributed by atoms with van der Waals surface area (Å²) >= 11 is 0. The molecule has 3 N–H and O–H groups in total. The Morgan fingerprint density at radius 1 is 1.09 bits per heavy atom. The van der Waals surface area contributed by atoms with Crippen molar-refractivity contribution in [1.82, 2.24) is 25.0 Å². The summed E-state index contributed by atoms with van der Waals surface area (Å²) in [6.07, 6.45) is 1.64. The van der Waals surface area contributed by atoms with Crippen LogP contribution in [-0.2, 0) is 12.5 Å². The van der Waals surface area contributed by atoms with Crippen LogP contribution >= 0.6 is 0 Å². The third-order valence-electron chi connectivity index (χ3n) is 5.55. The van der Waals surface area contributed by atoms with Gasteiger partial charge in [-0.3, -0.25) is 19.3 Å². The van der Waals surface area contributed by atoms with Gasteiger partial charge in [-0.05, 0) is 48.2 Å². The minimum atomic E-state index is -0.611. The first-order valence-electron chi connectivity index (χ1n) is 11.0. The third-order valence-corrected chi connectivity index (χ3v) is 5.55. The fourth-order valence-corrected chi connectivity index (χ4v) is 3.34. The molecule has 4 aromatic rings. The summed E-state index contributed by atoms with van der Waals surface area (Å²) in [7, 11) is 1.80. The van der Waals surface area contributed by atoms with Crippen LogP contribution in [0.25, 0.3) is 11.3 Å². The Balaban J connectivity index is 1.58. The maximum atomic E-state index is 14.5. The van der Waals surface area contributed by atoms with Gasteiger partial charge in [0.25, 0.3) is 11.5 Å². The van der Waals surface area contributed by atoms with Crippen LogP contribution in [0.2, 0.25) is 0 Å². The van der Waals surface area contributed by atoms with E-state index in [2.05, 4.69) is 30.9 Å². The van der Waals surface area contributed by atoms with Crippen molar-refractivity contribution in [3.05, 3.63) is 81.8 Å². The molecule has 3 heterocycles. The first-order chi connectivity index (χ1) is 16.5. The standard InChI is InChI=1S/C25H26FN7O2/c1-14-10-22(32-33(14)5)28-21-12-19(30-31-24(21)35)15-6-8-17(26)20(11-15)29-23(34)18-9-7-16(13-27-18)25(2,3)4/h6-13H,1-5H3,(H,29,34)(H,31,35)(H,28,30,32). The molecule has 0 aliphatic carbocycles. The highest BCUT2D eigenvalue weighted by Gasteiger charge is 2.17. The van der Waals surface area contributed by atoms with Gasteiger partial charge in [-0.15, -0.1) is 0 Å². The van der Waals surface area contributed by atoms with Crippen LogP contribution in [0.4, 0.5) is 21.6 Å². The number of aromatic amines is 1. The van der Waals surface area contributed by atoms with E-state index in [0.717, 1.165) is 11.3 Å². The molecule has 180 valence electrons. The summed E-state index contributed by atoms with van der Waals surface area (Å²) < 4.78 is 16.2. The summed E-state index contributed by atoms with van der Waals surface area (Å²) in [5, 5.41) is 16.3. The normalized spacial score (nSPS) is 11.4. The van der Waals surface area contributed by atoms with Crippen molar-refractivity contribution in [2.75, 3.05) is 10.6 Å². The Labute approximate surface area is 201 Å². The fraction of sp³-hybridized carbons (Fsp3) is 0.240. The number of pyridine rings is 1. The second kappa shape index (κ2) is 9.13. The number of aromatic nitrogens is 5. The Morgan fingerprint density at radius 3 is 2.49 bits per heavy atom. The maximum Gasteiger partial charge on any atom is 0.287 e. The second-order valence-corrected chi connectivity index (χ2v) is 9.25. The molecule has 0 atom stereocenters. The summed E-state index contributed by atoms with van der Waals surface area (Å²) in [4.78, 5) is 29.2. The number of carbonyl (C=O) groups is 1. The summed E-state index contributed by atoms with van der Waals surface area (Å²) in [5.74, 6) is -0.645. The topological polar surface area (TPSA) is 118 Å². The molecule has 0 aliphatic heterocycles. The Kier molecular flexibility index (Phi) is 6.21. The number of anilines is 3. The number of nitrogens with zero attached hydrogens (tertiary/aromatic N) is 4. The van der Waals surface area contributed by atoms with E-state index in [1.807, 2.05) is 33.8 Å². The second-order valence-electron chi connectivity index (χ2n) is 9.25. The number of benzene rings is 1. The van der Waals surface area contributed by atoms with Gasteiger partial charge in [0.05, 0.1) is 11.4 Å². The lowest BCUT2D eigenvalue weighted by Gasteiger charge is -2.18. The van der Waals surface area contributed by atoms with Gasteiger partial charge in [0.1, 0.15) is 17.2 Å². The molecule has 0 fully saturated rings. The van der Waals surface area contributed by atoms with E-state index >= 15 is 0 Å². The molecule has 0 bridgehead atoms. The smallest absolute Gasteiger partial charge is 0.287 e. The van der Waals surface area contributed by atoms with Crippen LogP contribution in [0.1, 0.15) is 42.5 Å². The number of H-pyrrole nitrogens is 1. The molecule has 10 heteroatoms. The highest BCUT2D eigenvalue weighted by atomic mass is 19.1. The lowest BCUT2D eigenvalue weighted by Crippen LogP contribution is -2.17. The van der Waals surface area contributed by atoms with E-state index in [-0.39, 0.29) is 22.5 Å². The van der Waals surface area contributed by atoms with Gasteiger partial charge in [0.2, 0.25) is 0 Å². The summed E-state index contributed by atoms with van der Waals surface area (Å²) in [5.41, 5.74) is 2.60. The maximum absolute atomic E-state index is 14.5. The number of carbonyl (C=O) groups excluding carboxylic acids is 1. The third kappa shape index (κ3) is 5.26. The van der Waals surface area contributed by atoms with Crippen molar-refractivity contribution in [3.8, 4) is 11.3 Å². The zero-order valence-electron chi connectivity index (χ0n) is 20.1. The average Bonchev–Trinajstić information content (AvgIpc) is 3.13. The van der Waals surface area contributed by atoms with Gasteiger partial charge in [0, 0.05) is 30.6 Å². The van der Waals surface area contributed by atoms with E-state index in [1.165, 1.54) is 24.3 Å². The van der Waals surface area contributed by atoms with Gasteiger partial charge in [-0.2, -0.15) is 10.2 Å². The predicted octanol–water partition coefficient (Wildman–Crippen LogP) is 4.31. The minimum absolute atomic E-state index is 0.0305. The molecule has 1 amide bonds. The highest BCUT2D eigenvalue weighted by Crippen LogP contribution is 2.26. The fourth-order valence-electron chi connectivity index (χ4n) is 3.34. The Hall–Kier alpha value is -4.34. The van der Waals surface area contributed by atoms with Crippen LogP contribution in [0.15, 0.2) is 53.5 Å². The molecule has 0 radical (unpaired) electrons. The van der Waals surface area contributed by atoms with Gasteiger partial charge in [0.15, 0.2) is 5.82 Å². The monoisotopic (exact) mass is 475 g/mol. The van der Waals surface area contributed by atoms with E-state index in [9.17, 15) is 14.0 Å². The van der Waals surface area contributed by atoms with Crippen molar-refractivity contribution in [2.24, 2.45) is 7.05 Å². The van der Waals surface area contributed by atoms with Crippen LogP contribution in [0.5, 0.6) is 0 Å². The van der Waals surface area contributed by atoms with Crippen LogP contribution < -0.4 is 16.2 Å². The van der Waals surface area contributed by atoms with Crippen LogP contribution in [0.3, 0.4) is 0 Å². The van der Waals surface area contributed by atoms with Gasteiger partial charge in [-0.25, -0.2) is 9.49 Å². The number of amides is 1. The van der Waals surface area contributed by atoms with E-state index in [1.54, 1.807) is 30.1 Å². The van der Waals surface area contributed by atoms with Crippen molar-refractivity contribution in [2.45, 2.75) is 33.1 Å². The molecule has 35 heavy (non-hydrogen) atoms. The molecular weight excluding hydrogens is 449 g/mol. The van der Waals surface area contributed by atoms with Crippen molar-refractivity contribution in [1.29, 1.82) is 0 Å².